The number of hydrogen-bond acceptors (Lipinski definition) is 4. The first-order chi connectivity index (χ1) is 9.51. The van der Waals surface area contributed by atoms with Gasteiger partial charge >= 0.3 is 6.03 Å². The third-order valence-corrected chi connectivity index (χ3v) is 2.95. The summed E-state index contributed by atoms with van der Waals surface area (Å²) in [5.41, 5.74) is 0.962. The van der Waals surface area contributed by atoms with Gasteiger partial charge in [-0.15, -0.1) is 0 Å². The van der Waals surface area contributed by atoms with E-state index in [1.165, 1.54) is 0 Å². The van der Waals surface area contributed by atoms with Crippen LogP contribution < -0.4 is 10.6 Å². The number of carbonyl (C=O) groups is 3. The molecule has 1 aromatic carbocycles. The van der Waals surface area contributed by atoms with Crippen LogP contribution in [0.15, 0.2) is 24.3 Å². The molecule has 1 saturated heterocycles. The van der Waals surface area contributed by atoms with Crippen molar-refractivity contribution in [1.82, 2.24) is 10.2 Å². The van der Waals surface area contributed by atoms with Crippen molar-refractivity contribution in [3.63, 3.8) is 0 Å². The minimum atomic E-state index is -0.717. The number of amides is 4. The number of nitrogens with one attached hydrogen (secondary N) is 2. The molecule has 4 amide bonds. The van der Waals surface area contributed by atoms with E-state index in [1.807, 2.05) is 6.07 Å². The van der Waals surface area contributed by atoms with Gasteiger partial charge in [0.2, 0.25) is 11.8 Å². The van der Waals surface area contributed by atoms with Gasteiger partial charge in [0.25, 0.3) is 0 Å². The van der Waals surface area contributed by atoms with Crippen molar-refractivity contribution in [2.75, 3.05) is 11.9 Å². The number of nitriles is 1. The zero-order valence-corrected chi connectivity index (χ0v) is 10.7. The molecule has 1 unspecified atom stereocenters. The Morgan fingerprint density at radius 3 is 2.65 bits per heavy atom. The Labute approximate surface area is 115 Å². The lowest BCUT2D eigenvalue weighted by Gasteiger charge is -2.31. The molecular formula is C13H12N4O3. The van der Waals surface area contributed by atoms with Crippen molar-refractivity contribution in [1.29, 1.82) is 5.26 Å². The molecule has 0 bridgehead atoms. The molecule has 2 rings (SSSR count). The van der Waals surface area contributed by atoms with Crippen LogP contribution in [0.5, 0.6) is 0 Å². The minimum absolute atomic E-state index is 0.172. The molecule has 0 radical (unpaired) electrons. The lowest BCUT2D eigenvalue weighted by Crippen LogP contribution is -2.59. The van der Waals surface area contributed by atoms with E-state index in [-0.39, 0.29) is 6.54 Å². The van der Waals surface area contributed by atoms with Gasteiger partial charge in [-0.1, -0.05) is 0 Å². The van der Waals surface area contributed by atoms with E-state index in [0.29, 0.717) is 11.3 Å². The molecule has 1 aromatic rings. The van der Waals surface area contributed by atoms with Crippen LogP contribution in [0.4, 0.5) is 10.5 Å². The quantitative estimate of drug-likeness (QED) is 0.724. The van der Waals surface area contributed by atoms with Gasteiger partial charge in [0, 0.05) is 5.69 Å². The van der Waals surface area contributed by atoms with E-state index in [4.69, 9.17) is 5.26 Å². The predicted octanol–water partition coefficient (Wildman–Crippen LogP) is 0.437. The Hall–Kier alpha value is -2.88. The van der Waals surface area contributed by atoms with Crippen LogP contribution in [0.3, 0.4) is 0 Å². The normalized spacial score (nSPS) is 18.2. The highest BCUT2D eigenvalue weighted by atomic mass is 16.2. The summed E-state index contributed by atoms with van der Waals surface area (Å²) in [6, 6.07) is 6.99. The number of carbonyl (C=O) groups excluding carboxylic acids is 3. The summed E-state index contributed by atoms with van der Waals surface area (Å²) >= 11 is 0. The second-order valence-electron chi connectivity index (χ2n) is 4.34. The summed E-state index contributed by atoms with van der Waals surface area (Å²) in [4.78, 5) is 35.9. The molecule has 7 heteroatoms. The molecule has 0 spiro atoms. The molecule has 0 aliphatic carbocycles. The molecular weight excluding hydrogens is 260 g/mol. The van der Waals surface area contributed by atoms with E-state index in [9.17, 15) is 14.4 Å². The molecule has 102 valence electrons. The maximum atomic E-state index is 12.0. The van der Waals surface area contributed by atoms with Crippen LogP contribution in [0.1, 0.15) is 12.5 Å². The molecule has 2 N–H and O–H groups in total. The van der Waals surface area contributed by atoms with Crippen LogP contribution in [0.2, 0.25) is 0 Å². The SMILES string of the molecule is CC1C(=O)NC(=O)CN1C(=O)Nc1ccc(C#N)cc1. The maximum Gasteiger partial charge on any atom is 0.322 e. The third-order valence-electron chi connectivity index (χ3n) is 2.95. The molecule has 7 nitrogen and oxygen atoms in total. The van der Waals surface area contributed by atoms with E-state index in [1.54, 1.807) is 31.2 Å². The van der Waals surface area contributed by atoms with E-state index >= 15 is 0 Å². The second kappa shape index (κ2) is 5.40. The van der Waals surface area contributed by atoms with Crippen LogP contribution in [-0.4, -0.2) is 35.3 Å². The van der Waals surface area contributed by atoms with Gasteiger partial charge in [-0.3, -0.25) is 14.9 Å². The number of urea groups is 1. The van der Waals surface area contributed by atoms with E-state index in [2.05, 4.69) is 10.6 Å². The number of piperazine rings is 1. The largest absolute Gasteiger partial charge is 0.322 e. The fourth-order valence-electron chi connectivity index (χ4n) is 1.79. The third kappa shape index (κ3) is 2.75. The van der Waals surface area contributed by atoms with E-state index in [0.717, 1.165) is 4.90 Å². The van der Waals surface area contributed by atoms with Gasteiger partial charge in [0.1, 0.15) is 12.6 Å². The lowest BCUT2D eigenvalue weighted by atomic mass is 10.2. The van der Waals surface area contributed by atoms with Crippen LogP contribution in [-0.2, 0) is 9.59 Å². The van der Waals surface area contributed by atoms with Crippen molar-refractivity contribution in [2.45, 2.75) is 13.0 Å². The Bertz CT molecular complexity index is 603. The first kappa shape index (κ1) is 13.5. The van der Waals surface area contributed by atoms with Gasteiger partial charge in [0.15, 0.2) is 0 Å². The summed E-state index contributed by atoms with van der Waals surface area (Å²) in [7, 11) is 0. The fourth-order valence-corrected chi connectivity index (χ4v) is 1.79. The first-order valence-corrected chi connectivity index (χ1v) is 5.92. The Balaban J connectivity index is 2.08. The second-order valence-corrected chi connectivity index (χ2v) is 4.34. The van der Waals surface area contributed by atoms with Gasteiger partial charge < -0.3 is 10.2 Å². The molecule has 0 saturated carbocycles. The molecule has 1 aliphatic heterocycles. The van der Waals surface area contributed by atoms with Crippen molar-refractivity contribution < 1.29 is 14.4 Å². The van der Waals surface area contributed by atoms with Gasteiger partial charge in [0.05, 0.1) is 11.6 Å². The molecule has 1 atom stereocenters. The first-order valence-electron chi connectivity index (χ1n) is 5.92. The fraction of sp³-hybridized carbons (Fsp3) is 0.231. The number of anilines is 1. The van der Waals surface area contributed by atoms with Crippen LogP contribution >= 0.6 is 0 Å². The smallest absolute Gasteiger partial charge is 0.308 e. The summed E-state index contributed by atoms with van der Waals surface area (Å²) in [6.07, 6.45) is 0. The lowest BCUT2D eigenvalue weighted by molar-refractivity contribution is -0.137. The number of hydrogen-bond donors (Lipinski definition) is 2. The average Bonchev–Trinajstić information content (AvgIpc) is 2.43. The highest BCUT2D eigenvalue weighted by Crippen LogP contribution is 2.12. The van der Waals surface area contributed by atoms with Crippen molar-refractivity contribution in [2.24, 2.45) is 0 Å². The molecule has 0 aromatic heterocycles. The molecule has 1 aliphatic rings. The van der Waals surface area contributed by atoms with Crippen molar-refractivity contribution in [3.05, 3.63) is 29.8 Å². The summed E-state index contributed by atoms with van der Waals surface area (Å²) in [6.45, 7) is 1.37. The Morgan fingerprint density at radius 1 is 1.40 bits per heavy atom. The number of nitrogens with zero attached hydrogens (tertiary/aromatic N) is 2. The number of rotatable bonds is 1. The zero-order valence-electron chi connectivity index (χ0n) is 10.7. The topological polar surface area (TPSA) is 102 Å². The highest BCUT2D eigenvalue weighted by molar-refractivity contribution is 6.05. The Morgan fingerprint density at radius 2 is 2.05 bits per heavy atom. The van der Waals surface area contributed by atoms with Gasteiger partial charge in [-0.2, -0.15) is 5.26 Å². The average molecular weight is 272 g/mol. The summed E-state index contributed by atoms with van der Waals surface area (Å²) < 4.78 is 0. The van der Waals surface area contributed by atoms with Gasteiger partial charge in [-0.25, -0.2) is 4.79 Å². The monoisotopic (exact) mass is 272 g/mol. The van der Waals surface area contributed by atoms with Crippen molar-refractivity contribution >= 4 is 23.5 Å². The van der Waals surface area contributed by atoms with Crippen LogP contribution in [0.25, 0.3) is 0 Å². The standard InChI is InChI=1S/C13H12N4O3/c1-8-12(19)16-11(18)7-17(8)13(20)15-10-4-2-9(6-14)3-5-10/h2-5,8H,7H2,1H3,(H,15,20)(H,16,18,19). The molecule has 1 heterocycles. The Kier molecular flexibility index (Phi) is 3.66. The summed E-state index contributed by atoms with van der Waals surface area (Å²) in [5.74, 6) is -1.01. The number of benzene rings is 1. The molecule has 20 heavy (non-hydrogen) atoms. The van der Waals surface area contributed by atoms with E-state index < -0.39 is 23.9 Å². The molecule has 1 fully saturated rings. The number of imide groups is 1. The van der Waals surface area contributed by atoms with Crippen LogP contribution in [0, 0.1) is 11.3 Å². The predicted molar refractivity (Wildman–Crippen MR) is 69.5 cm³/mol. The minimum Gasteiger partial charge on any atom is -0.308 e. The highest BCUT2D eigenvalue weighted by Gasteiger charge is 2.33. The maximum absolute atomic E-state index is 12.0. The summed E-state index contributed by atoms with van der Waals surface area (Å²) in [5, 5.41) is 13.4. The van der Waals surface area contributed by atoms with Gasteiger partial charge in [-0.05, 0) is 31.2 Å². The zero-order chi connectivity index (χ0) is 14.7. The van der Waals surface area contributed by atoms with Crippen molar-refractivity contribution in [3.8, 4) is 6.07 Å².